The van der Waals surface area contributed by atoms with Gasteiger partial charge in [0.15, 0.2) is 0 Å². The van der Waals surface area contributed by atoms with Gasteiger partial charge in [-0.15, -0.1) is 0 Å². The molecule has 0 aliphatic carbocycles. The fourth-order valence-corrected chi connectivity index (χ4v) is 2.03. The van der Waals surface area contributed by atoms with Gasteiger partial charge in [-0.25, -0.2) is 8.78 Å². The summed E-state index contributed by atoms with van der Waals surface area (Å²) in [7, 11) is 1.81. The number of hydrogen-bond acceptors (Lipinski definition) is 3. The smallest absolute Gasteiger partial charge is 0.129 e. The monoisotopic (exact) mass is 266 g/mol. The van der Waals surface area contributed by atoms with Gasteiger partial charge in [-0.1, -0.05) is 6.07 Å². The average molecular weight is 266 g/mol. The lowest BCUT2D eigenvalue weighted by atomic mass is 10.0. The molecule has 0 spiro atoms. The van der Waals surface area contributed by atoms with Crippen LogP contribution in [0.15, 0.2) is 30.6 Å². The Morgan fingerprint density at radius 2 is 2.00 bits per heavy atom. The molecule has 1 aromatic carbocycles. The molecule has 1 aromatic heterocycles. The summed E-state index contributed by atoms with van der Waals surface area (Å²) in [5, 5.41) is 4.05. The maximum absolute atomic E-state index is 13.6. The van der Waals surface area contributed by atoms with Crippen molar-refractivity contribution in [3.63, 3.8) is 0 Å². The Balaban J connectivity index is 2.11. The number of nitrogens with zero attached hydrogens (tertiary/aromatic N) is 2. The molecule has 0 aliphatic heterocycles. The van der Waals surface area contributed by atoms with E-state index in [2.05, 4.69) is 10.5 Å². The van der Waals surface area contributed by atoms with Crippen molar-refractivity contribution in [2.45, 2.75) is 18.9 Å². The molecule has 1 atom stereocenters. The van der Waals surface area contributed by atoms with Crippen molar-refractivity contribution in [3.05, 3.63) is 53.4 Å². The van der Waals surface area contributed by atoms with Gasteiger partial charge in [-0.2, -0.15) is 5.10 Å². The lowest BCUT2D eigenvalue weighted by Gasteiger charge is -2.15. The first kappa shape index (κ1) is 13.6. The summed E-state index contributed by atoms with van der Waals surface area (Å²) < 4.78 is 28.8. The number of aromatic nitrogens is 2. The maximum Gasteiger partial charge on any atom is 0.129 e. The van der Waals surface area contributed by atoms with E-state index in [9.17, 15) is 8.78 Å². The van der Waals surface area contributed by atoms with Crippen LogP contribution in [0.3, 0.4) is 0 Å². The largest absolute Gasteiger partial charge is 0.276 e. The van der Waals surface area contributed by atoms with Gasteiger partial charge in [0.05, 0.1) is 6.20 Å². The minimum absolute atomic E-state index is 0.0503. The predicted octanol–water partition coefficient (Wildman–Crippen LogP) is 1.32. The summed E-state index contributed by atoms with van der Waals surface area (Å²) in [5.74, 6) is 4.35. The minimum Gasteiger partial charge on any atom is -0.276 e. The number of benzene rings is 1. The highest BCUT2D eigenvalue weighted by molar-refractivity contribution is 5.21. The van der Waals surface area contributed by atoms with Crippen molar-refractivity contribution in [1.82, 2.24) is 15.2 Å². The third-order valence-corrected chi connectivity index (χ3v) is 2.99. The van der Waals surface area contributed by atoms with Gasteiger partial charge < -0.3 is 0 Å². The van der Waals surface area contributed by atoms with Crippen LogP contribution < -0.4 is 11.3 Å². The maximum atomic E-state index is 13.6. The first-order valence-corrected chi connectivity index (χ1v) is 5.96. The van der Waals surface area contributed by atoms with E-state index in [0.717, 1.165) is 5.56 Å². The molecule has 4 nitrogen and oxygen atoms in total. The molecule has 3 N–H and O–H groups in total. The molecule has 0 bridgehead atoms. The Hall–Kier alpha value is -1.79. The van der Waals surface area contributed by atoms with Crippen LogP contribution in [0.2, 0.25) is 0 Å². The van der Waals surface area contributed by atoms with Crippen LogP contribution in [-0.2, 0) is 19.9 Å². The summed E-state index contributed by atoms with van der Waals surface area (Å²) in [5.41, 5.74) is 3.60. The van der Waals surface area contributed by atoms with Crippen LogP contribution in [0, 0.1) is 11.6 Å². The normalized spacial score (nSPS) is 12.6. The molecule has 6 heteroatoms. The van der Waals surface area contributed by atoms with E-state index < -0.39 is 11.6 Å². The number of hydrogen-bond donors (Lipinski definition) is 2. The molecular formula is C13H16F2N4. The Bertz CT molecular complexity index is 533. The molecule has 1 unspecified atom stereocenters. The third kappa shape index (κ3) is 3.36. The fraction of sp³-hybridized carbons (Fsp3) is 0.308. The molecule has 0 saturated heterocycles. The fourth-order valence-electron chi connectivity index (χ4n) is 2.03. The summed E-state index contributed by atoms with van der Waals surface area (Å²) >= 11 is 0. The average Bonchev–Trinajstić information content (AvgIpc) is 2.78. The number of hydrazine groups is 1. The molecular weight excluding hydrogens is 250 g/mol. The number of nitrogens with one attached hydrogen (secondary N) is 1. The lowest BCUT2D eigenvalue weighted by molar-refractivity contribution is 0.484. The summed E-state index contributed by atoms with van der Waals surface area (Å²) in [4.78, 5) is 0. The minimum atomic E-state index is -0.550. The van der Waals surface area contributed by atoms with Crippen LogP contribution in [0.4, 0.5) is 8.78 Å². The van der Waals surface area contributed by atoms with E-state index in [-0.39, 0.29) is 18.0 Å². The van der Waals surface area contributed by atoms with Crippen molar-refractivity contribution >= 4 is 0 Å². The van der Waals surface area contributed by atoms with Crippen molar-refractivity contribution in [2.75, 3.05) is 0 Å². The lowest BCUT2D eigenvalue weighted by Crippen LogP contribution is -2.38. The van der Waals surface area contributed by atoms with Gasteiger partial charge in [0.1, 0.15) is 11.6 Å². The zero-order valence-electron chi connectivity index (χ0n) is 10.6. The molecule has 0 aliphatic rings. The quantitative estimate of drug-likeness (QED) is 0.634. The molecule has 102 valence electrons. The second-order valence-electron chi connectivity index (χ2n) is 4.49. The third-order valence-electron chi connectivity index (χ3n) is 2.99. The Labute approximate surface area is 110 Å². The number of aryl methyl sites for hydroxylation is 1. The first-order valence-electron chi connectivity index (χ1n) is 5.96. The Morgan fingerprint density at radius 1 is 1.32 bits per heavy atom. The van der Waals surface area contributed by atoms with Crippen molar-refractivity contribution < 1.29 is 8.78 Å². The van der Waals surface area contributed by atoms with Gasteiger partial charge >= 0.3 is 0 Å². The number of halogens is 2. The highest BCUT2D eigenvalue weighted by Gasteiger charge is 2.15. The molecule has 0 saturated carbocycles. The van der Waals surface area contributed by atoms with Crippen LogP contribution in [-0.4, -0.2) is 15.8 Å². The molecule has 2 aromatic rings. The standard InChI is InChI=1S/C13H16F2N4/c1-19-8-9(7-17-19)5-10(18-16)6-11-12(14)3-2-4-13(11)15/h2-4,7-8,10,18H,5-6,16H2,1H3. The second kappa shape index (κ2) is 5.90. The molecule has 0 radical (unpaired) electrons. The van der Waals surface area contributed by atoms with Gasteiger partial charge in [0.2, 0.25) is 0 Å². The van der Waals surface area contributed by atoms with Gasteiger partial charge in [0.25, 0.3) is 0 Å². The van der Waals surface area contributed by atoms with Crippen LogP contribution in [0.25, 0.3) is 0 Å². The molecule has 0 fully saturated rings. The highest BCUT2D eigenvalue weighted by Crippen LogP contribution is 2.15. The topological polar surface area (TPSA) is 55.9 Å². The predicted molar refractivity (Wildman–Crippen MR) is 68.1 cm³/mol. The van der Waals surface area contributed by atoms with E-state index in [1.165, 1.54) is 18.2 Å². The highest BCUT2D eigenvalue weighted by atomic mass is 19.1. The number of nitrogens with two attached hydrogens (primary N) is 1. The van der Waals surface area contributed by atoms with E-state index >= 15 is 0 Å². The molecule has 2 rings (SSSR count). The van der Waals surface area contributed by atoms with Crippen molar-refractivity contribution in [3.8, 4) is 0 Å². The van der Waals surface area contributed by atoms with Crippen LogP contribution in [0.5, 0.6) is 0 Å². The van der Waals surface area contributed by atoms with Crippen molar-refractivity contribution in [1.29, 1.82) is 0 Å². The van der Waals surface area contributed by atoms with E-state index in [1.807, 2.05) is 13.2 Å². The van der Waals surface area contributed by atoms with Crippen LogP contribution in [0.1, 0.15) is 11.1 Å². The zero-order chi connectivity index (χ0) is 13.8. The van der Waals surface area contributed by atoms with E-state index in [0.29, 0.717) is 6.42 Å². The van der Waals surface area contributed by atoms with Gasteiger partial charge in [-0.05, 0) is 30.5 Å². The summed E-state index contributed by atoms with van der Waals surface area (Å²) in [6.45, 7) is 0. The van der Waals surface area contributed by atoms with E-state index in [4.69, 9.17) is 5.84 Å². The summed E-state index contributed by atoms with van der Waals surface area (Å²) in [6.07, 6.45) is 4.30. The van der Waals surface area contributed by atoms with Gasteiger partial charge in [-0.3, -0.25) is 16.0 Å². The van der Waals surface area contributed by atoms with E-state index in [1.54, 1.807) is 10.9 Å². The summed E-state index contributed by atoms with van der Waals surface area (Å²) in [6, 6.07) is 3.59. The van der Waals surface area contributed by atoms with Crippen molar-refractivity contribution in [2.24, 2.45) is 12.9 Å². The molecule has 1 heterocycles. The number of rotatable bonds is 5. The first-order chi connectivity index (χ1) is 9.10. The van der Waals surface area contributed by atoms with Gasteiger partial charge in [0, 0.05) is 24.8 Å². The Morgan fingerprint density at radius 3 is 2.53 bits per heavy atom. The second-order valence-corrected chi connectivity index (χ2v) is 4.49. The Kier molecular flexibility index (Phi) is 4.24. The SMILES string of the molecule is Cn1cc(CC(Cc2c(F)cccc2F)NN)cn1. The zero-order valence-corrected chi connectivity index (χ0v) is 10.6. The van der Waals surface area contributed by atoms with Crippen LogP contribution >= 0.6 is 0 Å². The molecule has 0 amide bonds. The molecule has 19 heavy (non-hydrogen) atoms.